The Kier molecular flexibility index (Phi) is 5.64. The van der Waals surface area contributed by atoms with Crippen molar-refractivity contribution in [3.63, 3.8) is 0 Å². The van der Waals surface area contributed by atoms with Gasteiger partial charge in [0, 0.05) is 19.8 Å². The molecule has 1 aromatic carbocycles. The van der Waals surface area contributed by atoms with Gasteiger partial charge in [-0.1, -0.05) is 35.8 Å². The summed E-state index contributed by atoms with van der Waals surface area (Å²) in [5.41, 5.74) is 1.18. The van der Waals surface area contributed by atoms with Crippen molar-refractivity contribution in [2.45, 2.75) is 26.3 Å². The van der Waals surface area contributed by atoms with Crippen LogP contribution in [-0.2, 0) is 6.42 Å². The molecular formula is C16H20BrNOS. The summed E-state index contributed by atoms with van der Waals surface area (Å²) in [7, 11) is 1.72. The van der Waals surface area contributed by atoms with Gasteiger partial charge < -0.3 is 10.1 Å². The predicted octanol–water partition coefficient (Wildman–Crippen LogP) is 4.78. The van der Waals surface area contributed by atoms with Crippen molar-refractivity contribution in [2.24, 2.45) is 0 Å². The van der Waals surface area contributed by atoms with Gasteiger partial charge in [-0.05, 0) is 37.2 Å². The zero-order valence-electron chi connectivity index (χ0n) is 12.1. The molecule has 0 aliphatic carbocycles. The Morgan fingerprint density at radius 1 is 1.25 bits per heavy atom. The number of methoxy groups -OCH3 is 1. The maximum absolute atomic E-state index is 5.54. The topological polar surface area (TPSA) is 21.3 Å². The van der Waals surface area contributed by atoms with E-state index in [0.717, 1.165) is 23.2 Å². The van der Waals surface area contributed by atoms with Gasteiger partial charge in [0.1, 0.15) is 5.75 Å². The van der Waals surface area contributed by atoms with Crippen LogP contribution < -0.4 is 10.1 Å². The molecule has 0 amide bonds. The monoisotopic (exact) mass is 353 g/mol. The molecular weight excluding hydrogens is 334 g/mol. The van der Waals surface area contributed by atoms with Crippen LogP contribution in [0.4, 0.5) is 0 Å². The van der Waals surface area contributed by atoms with Crippen LogP contribution >= 0.6 is 27.3 Å². The number of halogens is 1. The van der Waals surface area contributed by atoms with Crippen molar-refractivity contribution in [1.29, 1.82) is 0 Å². The number of hydrogen-bond donors (Lipinski definition) is 1. The van der Waals surface area contributed by atoms with Gasteiger partial charge in [-0.25, -0.2) is 0 Å². The van der Waals surface area contributed by atoms with Crippen LogP contribution in [0.3, 0.4) is 0 Å². The lowest BCUT2D eigenvalue weighted by molar-refractivity contribution is 0.404. The van der Waals surface area contributed by atoms with Crippen LogP contribution in [0.25, 0.3) is 0 Å². The molecule has 20 heavy (non-hydrogen) atoms. The largest absolute Gasteiger partial charge is 0.496 e. The standard InChI is InChI=1S/C16H20BrNOS/c1-4-12-7-9-15(20-12)16(18-5-2)13-8-6-11(17)10-14(13)19-3/h6-10,16,18H,4-5H2,1-3H3. The van der Waals surface area contributed by atoms with E-state index in [4.69, 9.17) is 4.74 Å². The summed E-state index contributed by atoms with van der Waals surface area (Å²) in [5, 5.41) is 3.56. The van der Waals surface area contributed by atoms with Crippen LogP contribution in [0.15, 0.2) is 34.8 Å². The molecule has 2 aromatic rings. The lowest BCUT2D eigenvalue weighted by Crippen LogP contribution is -2.21. The van der Waals surface area contributed by atoms with Crippen molar-refractivity contribution < 1.29 is 4.74 Å². The molecule has 4 heteroatoms. The Morgan fingerprint density at radius 3 is 2.65 bits per heavy atom. The number of ether oxygens (including phenoxy) is 1. The van der Waals surface area contributed by atoms with E-state index < -0.39 is 0 Å². The zero-order chi connectivity index (χ0) is 14.5. The van der Waals surface area contributed by atoms with Gasteiger partial charge in [-0.2, -0.15) is 0 Å². The van der Waals surface area contributed by atoms with Gasteiger partial charge in [0.2, 0.25) is 0 Å². The van der Waals surface area contributed by atoms with Crippen LogP contribution in [0.5, 0.6) is 5.75 Å². The number of benzene rings is 1. The summed E-state index contributed by atoms with van der Waals surface area (Å²) in [6.07, 6.45) is 1.08. The van der Waals surface area contributed by atoms with Gasteiger partial charge in [0.15, 0.2) is 0 Å². The molecule has 2 rings (SSSR count). The summed E-state index contributed by atoms with van der Waals surface area (Å²) >= 11 is 5.37. The van der Waals surface area contributed by atoms with Crippen molar-refractivity contribution in [3.05, 3.63) is 50.1 Å². The minimum absolute atomic E-state index is 0.188. The van der Waals surface area contributed by atoms with E-state index in [9.17, 15) is 0 Å². The molecule has 0 saturated heterocycles. The molecule has 0 fully saturated rings. The fourth-order valence-corrected chi connectivity index (χ4v) is 3.62. The Bertz CT molecular complexity index is 567. The predicted molar refractivity (Wildman–Crippen MR) is 89.9 cm³/mol. The maximum atomic E-state index is 5.54. The molecule has 0 saturated carbocycles. The van der Waals surface area contributed by atoms with E-state index in [0.29, 0.717) is 0 Å². The minimum atomic E-state index is 0.188. The Hall–Kier alpha value is -0.840. The fraction of sp³-hybridized carbons (Fsp3) is 0.375. The SMILES string of the molecule is CCNC(c1ccc(CC)s1)c1ccc(Br)cc1OC. The third-order valence-corrected chi connectivity index (χ3v) is 5.02. The normalized spacial score (nSPS) is 12.4. The van der Waals surface area contributed by atoms with Crippen LogP contribution in [0, 0.1) is 0 Å². The van der Waals surface area contributed by atoms with Gasteiger partial charge in [0.05, 0.1) is 13.2 Å². The van der Waals surface area contributed by atoms with E-state index in [1.165, 1.54) is 15.3 Å². The highest BCUT2D eigenvalue weighted by Crippen LogP contribution is 2.35. The molecule has 2 nitrogen and oxygen atoms in total. The molecule has 1 unspecified atom stereocenters. The molecule has 1 N–H and O–H groups in total. The second-order valence-electron chi connectivity index (χ2n) is 4.53. The number of thiophene rings is 1. The second kappa shape index (κ2) is 7.25. The highest BCUT2D eigenvalue weighted by atomic mass is 79.9. The first kappa shape index (κ1) is 15.5. The molecule has 0 spiro atoms. The molecule has 1 atom stereocenters. The first-order chi connectivity index (χ1) is 9.69. The van der Waals surface area contributed by atoms with Gasteiger partial charge >= 0.3 is 0 Å². The second-order valence-corrected chi connectivity index (χ2v) is 6.65. The smallest absolute Gasteiger partial charge is 0.125 e. The van der Waals surface area contributed by atoms with Crippen molar-refractivity contribution in [2.75, 3.05) is 13.7 Å². The fourth-order valence-electron chi connectivity index (χ4n) is 2.23. The number of rotatable bonds is 6. The van der Waals surface area contributed by atoms with Crippen molar-refractivity contribution >= 4 is 27.3 Å². The lowest BCUT2D eigenvalue weighted by atomic mass is 10.0. The quantitative estimate of drug-likeness (QED) is 0.806. The number of hydrogen-bond acceptors (Lipinski definition) is 3. The average Bonchev–Trinajstić information content (AvgIpc) is 2.93. The molecule has 0 radical (unpaired) electrons. The molecule has 1 heterocycles. The molecule has 0 aliphatic rings. The van der Waals surface area contributed by atoms with Crippen LogP contribution in [0.2, 0.25) is 0 Å². The third kappa shape index (κ3) is 3.43. The Balaban J connectivity index is 2.42. The Labute approximate surface area is 133 Å². The van der Waals surface area contributed by atoms with E-state index in [-0.39, 0.29) is 6.04 Å². The number of nitrogens with one attached hydrogen (secondary N) is 1. The van der Waals surface area contributed by atoms with E-state index >= 15 is 0 Å². The molecule has 108 valence electrons. The van der Waals surface area contributed by atoms with Crippen LogP contribution in [0.1, 0.15) is 35.2 Å². The van der Waals surface area contributed by atoms with Gasteiger partial charge in [-0.3, -0.25) is 0 Å². The Morgan fingerprint density at radius 2 is 2.05 bits per heavy atom. The lowest BCUT2D eigenvalue weighted by Gasteiger charge is -2.20. The summed E-state index contributed by atoms with van der Waals surface area (Å²) in [4.78, 5) is 2.75. The van der Waals surface area contributed by atoms with Gasteiger partial charge in [0.25, 0.3) is 0 Å². The molecule has 1 aromatic heterocycles. The zero-order valence-corrected chi connectivity index (χ0v) is 14.5. The maximum Gasteiger partial charge on any atom is 0.125 e. The van der Waals surface area contributed by atoms with Crippen molar-refractivity contribution in [3.8, 4) is 5.75 Å². The highest BCUT2D eigenvalue weighted by Gasteiger charge is 2.19. The van der Waals surface area contributed by atoms with E-state index in [1.54, 1.807) is 7.11 Å². The van der Waals surface area contributed by atoms with Crippen LogP contribution in [-0.4, -0.2) is 13.7 Å². The first-order valence-electron chi connectivity index (χ1n) is 6.85. The summed E-state index contributed by atoms with van der Waals surface area (Å²) in [6.45, 7) is 5.24. The van der Waals surface area contributed by atoms with E-state index in [2.05, 4.69) is 59.4 Å². The third-order valence-electron chi connectivity index (χ3n) is 3.23. The van der Waals surface area contributed by atoms with E-state index in [1.807, 2.05) is 17.4 Å². The summed E-state index contributed by atoms with van der Waals surface area (Å²) in [5.74, 6) is 0.914. The highest BCUT2D eigenvalue weighted by molar-refractivity contribution is 9.10. The summed E-state index contributed by atoms with van der Waals surface area (Å²) < 4.78 is 6.58. The first-order valence-corrected chi connectivity index (χ1v) is 8.46. The minimum Gasteiger partial charge on any atom is -0.496 e. The van der Waals surface area contributed by atoms with Crippen molar-refractivity contribution in [1.82, 2.24) is 5.32 Å². The summed E-state index contributed by atoms with van der Waals surface area (Å²) in [6, 6.07) is 10.8. The molecule has 0 bridgehead atoms. The molecule has 0 aliphatic heterocycles. The number of aryl methyl sites for hydroxylation is 1. The van der Waals surface area contributed by atoms with Gasteiger partial charge in [-0.15, -0.1) is 11.3 Å². The average molecular weight is 354 g/mol.